The number of aryl methyl sites for hydroxylation is 1. The Morgan fingerprint density at radius 1 is 1.53 bits per heavy atom. The van der Waals surface area contributed by atoms with E-state index in [1.807, 2.05) is 11.8 Å². The normalized spacial score (nSPS) is 20.5. The third kappa shape index (κ3) is 2.34. The highest BCUT2D eigenvalue weighted by molar-refractivity contribution is 9.09. The van der Waals surface area contributed by atoms with Crippen molar-refractivity contribution in [1.82, 2.24) is 0 Å². The first-order valence-corrected chi connectivity index (χ1v) is 7.37. The van der Waals surface area contributed by atoms with Gasteiger partial charge in [-0.25, -0.2) is 0 Å². The number of rotatable bonds is 2. The van der Waals surface area contributed by atoms with Gasteiger partial charge in [-0.2, -0.15) is 11.8 Å². The minimum absolute atomic E-state index is 0.540. The Balaban J connectivity index is 2.46. The number of hydrogen-bond acceptors (Lipinski definition) is 2. The van der Waals surface area contributed by atoms with Gasteiger partial charge in [0.05, 0.1) is 7.11 Å². The van der Waals surface area contributed by atoms with E-state index >= 15 is 0 Å². The molecule has 0 N–H and O–H groups in total. The molecule has 0 saturated heterocycles. The summed E-state index contributed by atoms with van der Waals surface area (Å²) in [5.74, 6) is 2.29. The molecule has 2 rings (SSSR count). The lowest BCUT2D eigenvalue weighted by molar-refractivity contribution is 0.409. The molecule has 1 aliphatic rings. The Morgan fingerprint density at radius 2 is 2.40 bits per heavy atom. The van der Waals surface area contributed by atoms with Crippen LogP contribution in [0.1, 0.15) is 22.8 Å². The smallest absolute Gasteiger partial charge is 0.123 e. The summed E-state index contributed by atoms with van der Waals surface area (Å²) < 4.78 is 5.47. The molecular formula is C12H15BrOS. The summed E-state index contributed by atoms with van der Waals surface area (Å²) >= 11 is 5.63. The molecule has 0 fully saturated rings. The summed E-state index contributed by atoms with van der Waals surface area (Å²) in [7, 11) is 1.76. The monoisotopic (exact) mass is 286 g/mol. The van der Waals surface area contributed by atoms with E-state index in [4.69, 9.17) is 4.74 Å². The molecule has 0 spiro atoms. The van der Waals surface area contributed by atoms with Gasteiger partial charge in [0.2, 0.25) is 0 Å². The second kappa shape index (κ2) is 5.26. The summed E-state index contributed by atoms with van der Waals surface area (Å²) in [6, 6.07) is 6.40. The van der Waals surface area contributed by atoms with Crippen LogP contribution in [0.5, 0.6) is 5.75 Å². The Kier molecular flexibility index (Phi) is 3.98. The van der Waals surface area contributed by atoms with E-state index in [2.05, 4.69) is 34.1 Å². The van der Waals surface area contributed by atoms with Crippen LogP contribution in [-0.4, -0.2) is 18.2 Å². The number of thioether (sulfide) groups is 1. The van der Waals surface area contributed by atoms with Gasteiger partial charge in [0, 0.05) is 16.1 Å². The Labute approximate surface area is 104 Å². The molecule has 1 unspecified atom stereocenters. The number of fused-ring (bicyclic) bond motifs is 1. The predicted molar refractivity (Wildman–Crippen MR) is 70.3 cm³/mol. The molecule has 1 atom stereocenters. The summed E-state index contributed by atoms with van der Waals surface area (Å²) in [5, 5.41) is 1.55. The predicted octanol–water partition coefficient (Wildman–Crippen LogP) is 3.81. The molecule has 0 bridgehead atoms. The number of methoxy groups -OCH3 is 1. The zero-order valence-electron chi connectivity index (χ0n) is 8.83. The van der Waals surface area contributed by atoms with Crippen molar-refractivity contribution in [1.29, 1.82) is 0 Å². The van der Waals surface area contributed by atoms with Crippen molar-refractivity contribution in [2.24, 2.45) is 0 Å². The van der Waals surface area contributed by atoms with Crippen molar-refractivity contribution in [3.8, 4) is 5.75 Å². The van der Waals surface area contributed by atoms with Crippen molar-refractivity contribution in [3.05, 3.63) is 29.3 Å². The molecule has 0 amide bonds. The van der Waals surface area contributed by atoms with Crippen LogP contribution in [0, 0.1) is 0 Å². The largest absolute Gasteiger partial charge is 0.496 e. The summed E-state index contributed by atoms with van der Waals surface area (Å²) in [5.41, 5.74) is 2.86. The third-order valence-electron chi connectivity index (χ3n) is 2.75. The molecular weight excluding hydrogens is 272 g/mol. The molecule has 15 heavy (non-hydrogen) atoms. The van der Waals surface area contributed by atoms with E-state index in [1.165, 1.54) is 29.7 Å². The molecule has 82 valence electrons. The standard InChI is InChI=1S/C12H15BrOS/c1-14-10-6-2-4-9-5-3-7-15-11(8-13)12(9)10/h2,4,6,11H,3,5,7-8H2,1H3. The van der Waals surface area contributed by atoms with E-state index in [0.29, 0.717) is 5.25 Å². The van der Waals surface area contributed by atoms with Crippen molar-refractivity contribution in [2.75, 3.05) is 18.2 Å². The van der Waals surface area contributed by atoms with E-state index in [1.54, 1.807) is 7.11 Å². The molecule has 0 aromatic heterocycles. The van der Waals surface area contributed by atoms with E-state index in [0.717, 1.165) is 11.1 Å². The number of ether oxygens (including phenoxy) is 1. The zero-order valence-corrected chi connectivity index (χ0v) is 11.2. The van der Waals surface area contributed by atoms with Crippen LogP contribution in [0.25, 0.3) is 0 Å². The number of halogens is 1. The Morgan fingerprint density at radius 3 is 3.13 bits per heavy atom. The van der Waals surface area contributed by atoms with Crippen LogP contribution in [0.3, 0.4) is 0 Å². The van der Waals surface area contributed by atoms with Crippen LogP contribution in [-0.2, 0) is 6.42 Å². The minimum atomic E-state index is 0.540. The molecule has 0 saturated carbocycles. The SMILES string of the molecule is COc1cccc2c1C(CBr)SCCC2. The number of alkyl halides is 1. The van der Waals surface area contributed by atoms with Gasteiger partial charge in [0.15, 0.2) is 0 Å². The Bertz CT molecular complexity index is 340. The van der Waals surface area contributed by atoms with E-state index < -0.39 is 0 Å². The van der Waals surface area contributed by atoms with Crippen molar-refractivity contribution < 1.29 is 4.74 Å². The molecule has 3 heteroatoms. The lowest BCUT2D eigenvalue weighted by Gasteiger charge is -2.17. The Hall–Kier alpha value is -0.150. The zero-order chi connectivity index (χ0) is 10.7. The lowest BCUT2D eigenvalue weighted by Crippen LogP contribution is -2.01. The first-order chi connectivity index (χ1) is 7.36. The summed E-state index contributed by atoms with van der Waals surface area (Å²) in [4.78, 5) is 0. The average Bonchev–Trinajstić information content (AvgIpc) is 2.50. The molecule has 1 heterocycles. The van der Waals surface area contributed by atoms with Gasteiger partial charge < -0.3 is 4.74 Å². The van der Waals surface area contributed by atoms with Gasteiger partial charge in [0.1, 0.15) is 5.75 Å². The minimum Gasteiger partial charge on any atom is -0.496 e. The van der Waals surface area contributed by atoms with Crippen LogP contribution in [0.4, 0.5) is 0 Å². The van der Waals surface area contributed by atoms with Gasteiger partial charge in [-0.15, -0.1) is 0 Å². The van der Waals surface area contributed by atoms with Gasteiger partial charge >= 0.3 is 0 Å². The van der Waals surface area contributed by atoms with Crippen LogP contribution in [0.15, 0.2) is 18.2 Å². The molecule has 1 aliphatic heterocycles. The third-order valence-corrected chi connectivity index (χ3v) is 5.15. The fourth-order valence-electron chi connectivity index (χ4n) is 2.04. The molecule has 0 radical (unpaired) electrons. The van der Waals surface area contributed by atoms with Crippen molar-refractivity contribution in [3.63, 3.8) is 0 Å². The molecule has 1 nitrogen and oxygen atoms in total. The van der Waals surface area contributed by atoms with E-state index in [9.17, 15) is 0 Å². The molecule has 0 aliphatic carbocycles. The first-order valence-electron chi connectivity index (χ1n) is 5.20. The van der Waals surface area contributed by atoms with Crippen LogP contribution in [0.2, 0.25) is 0 Å². The van der Waals surface area contributed by atoms with Gasteiger partial charge in [0.25, 0.3) is 0 Å². The van der Waals surface area contributed by atoms with Crippen molar-refractivity contribution in [2.45, 2.75) is 18.1 Å². The highest BCUT2D eigenvalue weighted by Gasteiger charge is 2.21. The number of benzene rings is 1. The first kappa shape index (κ1) is 11.3. The second-order valence-electron chi connectivity index (χ2n) is 3.65. The maximum atomic E-state index is 5.47. The average molecular weight is 287 g/mol. The number of hydrogen-bond donors (Lipinski definition) is 0. The molecule has 1 aromatic rings. The highest BCUT2D eigenvalue weighted by atomic mass is 79.9. The van der Waals surface area contributed by atoms with E-state index in [-0.39, 0.29) is 0 Å². The maximum Gasteiger partial charge on any atom is 0.123 e. The maximum absolute atomic E-state index is 5.47. The summed E-state index contributed by atoms with van der Waals surface area (Å²) in [6.07, 6.45) is 2.46. The van der Waals surface area contributed by atoms with Gasteiger partial charge in [-0.05, 0) is 30.2 Å². The quantitative estimate of drug-likeness (QED) is 0.765. The fourth-order valence-corrected chi connectivity index (χ4v) is 4.05. The lowest BCUT2D eigenvalue weighted by atomic mass is 10.0. The van der Waals surface area contributed by atoms with Crippen LogP contribution >= 0.6 is 27.7 Å². The van der Waals surface area contributed by atoms with Crippen LogP contribution < -0.4 is 4.74 Å². The summed E-state index contributed by atoms with van der Waals surface area (Å²) in [6.45, 7) is 0. The van der Waals surface area contributed by atoms with Gasteiger partial charge in [-0.1, -0.05) is 28.1 Å². The van der Waals surface area contributed by atoms with Crippen molar-refractivity contribution >= 4 is 27.7 Å². The van der Waals surface area contributed by atoms with Gasteiger partial charge in [-0.3, -0.25) is 0 Å². The molecule has 1 aromatic carbocycles. The topological polar surface area (TPSA) is 9.23 Å². The fraction of sp³-hybridized carbons (Fsp3) is 0.500. The highest BCUT2D eigenvalue weighted by Crippen LogP contribution is 2.41. The second-order valence-corrected chi connectivity index (χ2v) is 5.61.